The van der Waals surface area contributed by atoms with Gasteiger partial charge in [0.15, 0.2) is 0 Å². The van der Waals surface area contributed by atoms with Crippen LogP contribution in [0.1, 0.15) is 22.6 Å². The molecule has 1 N–H and O–H groups in total. The van der Waals surface area contributed by atoms with Crippen molar-refractivity contribution in [2.45, 2.75) is 37.6 Å². The lowest BCUT2D eigenvalue weighted by Gasteiger charge is -2.25. The predicted molar refractivity (Wildman–Crippen MR) is 111 cm³/mol. The Balaban J connectivity index is 0.000000406. The number of pyridine rings is 1. The molecule has 34 heavy (non-hydrogen) atoms. The summed E-state index contributed by atoms with van der Waals surface area (Å²) in [5.74, 6) is -1.42. The van der Waals surface area contributed by atoms with E-state index in [4.69, 9.17) is 19.2 Å². The van der Waals surface area contributed by atoms with Gasteiger partial charge in [-0.15, -0.1) is 0 Å². The van der Waals surface area contributed by atoms with Crippen molar-refractivity contribution in [1.29, 1.82) is 0 Å². The number of fused-ring (bicyclic) bond motifs is 1. The Morgan fingerprint density at radius 2 is 1.91 bits per heavy atom. The number of sulfonamides is 1. The standard InChI is InChI=1S/C19H19N3O4S.C2HF3O2/c1-14-4-6-16(7-5-14)27(23,24)22-10-8-19-17(12-22)18(21-26-19)13-25-15-3-2-9-20-11-15;3-2(4,5)1(6)7/h2-7,9,11H,8,10,12-13H2,1H3;(H,6,7). The van der Waals surface area contributed by atoms with Crippen LogP contribution in [0, 0.1) is 6.92 Å². The quantitative estimate of drug-likeness (QED) is 0.567. The molecule has 0 saturated carbocycles. The highest BCUT2D eigenvalue weighted by Gasteiger charge is 2.38. The first-order valence-corrected chi connectivity index (χ1v) is 11.3. The van der Waals surface area contributed by atoms with E-state index in [-0.39, 0.29) is 13.2 Å². The number of hydrogen-bond donors (Lipinski definition) is 1. The molecule has 9 nitrogen and oxygen atoms in total. The Morgan fingerprint density at radius 1 is 1.24 bits per heavy atom. The Labute approximate surface area is 192 Å². The van der Waals surface area contributed by atoms with Crippen LogP contribution in [0.25, 0.3) is 0 Å². The minimum atomic E-state index is -5.08. The van der Waals surface area contributed by atoms with E-state index in [1.807, 2.05) is 6.92 Å². The van der Waals surface area contributed by atoms with Gasteiger partial charge in [-0.05, 0) is 31.2 Å². The fourth-order valence-corrected chi connectivity index (χ4v) is 4.41. The predicted octanol–water partition coefficient (Wildman–Crippen LogP) is 3.34. The average Bonchev–Trinajstić information content (AvgIpc) is 3.21. The van der Waals surface area contributed by atoms with Crippen molar-refractivity contribution in [2.75, 3.05) is 6.54 Å². The van der Waals surface area contributed by atoms with Gasteiger partial charge in [-0.25, -0.2) is 13.2 Å². The van der Waals surface area contributed by atoms with E-state index in [9.17, 15) is 21.6 Å². The Bertz CT molecular complexity index is 1230. The molecular weight excluding hydrogens is 479 g/mol. The maximum Gasteiger partial charge on any atom is 0.490 e. The van der Waals surface area contributed by atoms with Crippen LogP contribution in [0.15, 0.2) is 58.2 Å². The number of carbonyl (C=O) groups is 1. The van der Waals surface area contributed by atoms with Crippen molar-refractivity contribution < 1.29 is 40.8 Å². The molecule has 0 aliphatic carbocycles. The van der Waals surface area contributed by atoms with Crippen molar-refractivity contribution in [3.05, 3.63) is 71.4 Å². The Kier molecular flexibility index (Phi) is 7.57. The second-order valence-corrected chi connectivity index (χ2v) is 9.15. The topological polar surface area (TPSA) is 123 Å². The molecule has 1 aliphatic heterocycles. The second-order valence-electron chi connectivity index (χ2n) is 7.21. The van der Waals surface area contributed by atoms with Gasteiger partial charge in [0.05, 0.1) is 11.1 Å². The molecular formula is C21H20F3N3O6S. The number of carboxylic acid groups (broad SMARTS) is 1. The van der Waals surface area contributed by atoms with Gasteiger partial charge >= 0.3 is 12.1 Å². The van der Waals surface area contributed by atoms with Crippen molar-refractivity contribution in [3.63, 3.8) is 0 Å². The van der Waals surface area contributed by atoms with Gasteiger partial charge in [-0.2, -0.15) is 17.5 Å². The Hall–Kier alpha value is -3.45. The zero-order valence-corrected chi connectivity index (χ0v) is 18.6. The molecule has 3 aromatic rings. The van der Waals surface area contributed by atoms with E-state index in [0.29, 0.717) is 29.3 Å². The number of nitrogens with zero attached hydrogens (tertiary/aromatic N) is 3. The monoisotopic (exact) mass is 499 g/mol. The van der Waals surface area contributed by atoms with Gasteiger partial charge in [-0.1, -0.05) is 22.9 Å². The minimum absolute atomic E-state index is 0.197. The summed E-state index contributed by atoms with van der Waals surface area (Å²) < 4.78 is 70.2. The molecule has 0 atom stereocenters. The fraction of sp³-hybridized carbons (Fsp3) is 0.286. The van der Waals surface area contributed by atoms with Crippen LogP contribution in [0.2, 0.25) is 0 Å². The van der Waals surface area contributed by atoms with Gasteiger partial charge in [0.2, 0.25) is 10.0 Å². The molecule has 2 aromatic heterocycles. The highest BCUT2D eigenvalue weighted by atomic mass is 32.2. The summed E-state index contributed by atoms with van der Waals surface area (Å²) in [7, 11) is -3.57. The fourth-order valence-electron chi connectivity index (χ4n) is 3.00. The first-order chi connectivity index (χ1) is 16.0. The molecule has 0 radical (unpaired) electrons. The van der Waals surface area contributed by atoms with Gasteiger partial charge in [0.1, 0.15) is 23.8 Å². The SMILES string of the molecule is Cc1ccc(S(=O)(=O)N2CCc3onc(COc4cccnc4)c3C2)cc1.O=C(O)C(F)(F)F. The molecule has 0 fully saturated rings. The molecule has 0 saturated heterocycles. The lowest BCUT2D eigenvalue weighted by molar-refractivity contribution is -0.192. The number of rotatable bonds is 5. The van der Waals surface area contributed by atoms with E-state index < -0.39 is 22.2 Å². The molecule has 1 aliphatic rings. The highest BCUT2D eigenvalue weighted by molar-refractivity contribution is 7.89. The second kappa shape index (κ2) is 10.2. The van der Waals surface area contributed by atoms with Crippen LogP contribution in [-0.4, -0.2) is 46.7 Å². The van der Waals surface area contributed by atoms with Gasteiger partial charge < -0.3 is 14.4 Å². The average molecular weight is 499 g/mol. The van der Waals surface area contributed by atoms with E-state index in [1.165, 1.54) is 4.31 Å². The normalized spacial score (nSPS) is 14.0. The molecule has 182 valence electrons. The third-order valence-corrected chi connectivity index (χ3v) is 6.64. The number of carboxylic acids is 1. The van der Waals surface area contributed by atoms with Crippen LogP contribution in [-0.2, 0) is 34.4 Å². The lowest BCUT2D eigenvalue weighted by atomic mass is 10.1. The summed E-state index contributed by atoms with van der Waals surface area (Å²) in [6.45, 7) is 2.71. The largest absolute Gasteiger partial charge is 0.490 e. The smallest absolute Gasteiger partial charge is 0.486 e. The summed E-state index contributed by atoms with van der Waals surface area (Å²) in [6.07, 6.45) is -1.32. The minimum Gasteiger partial charge on any atom is -0.486 e. The third-order valence-electron chi connectivity index (χ3n) is 4.78. The van der Waals surface area contributed by atoms with E-state index in [2.05, 4.69) is 10.1 Å². The number of benzene rings is 1. The Morgan fingerprint density at radius 3 is 2.50 bits per heavy atom. The molecule has 0 bridgehead atoms. The maximum atomic E-state index is 13.0. The number of aliphatic carboxylic acids is 1. The molecule has 1 aromatic carbocycles. The molecule has 13 heteroatoms. The zero-order valence-electron chi connectivity index (χ0n) is 17.8. The molecule has 0 spiro atoms. The summed E-state index contributed by atoms with van der Waals surface area (Å²) in [5, 5.41) is 11.2. The van der Waals surface area contributed by atoms with Crippen molar-refractivity contribution in [1.82, 2.24) is 14.4 Å². The van der Waals surface area contributed by atoms with Crippen LogP contribution in [0.3, 0.4) is 0 Å². The third kappa shape index (κ3) is 6.11. The summed E-state index contributed by atoms with van der Waals surface area (Å²) in [6, 6.07) is 10.5. The first-order valence-electron chi connectivity index (χ1n) is 9.84. The van der Waals surface area contributed by atoms with Gasteiger partial charge in [-0.3, -0.25) is 4.98 Å². The van der Waals surface area contributed by atoms with Crippen LogP contribution in [0.4, 0.5) is 13.2 Å². The number of aromatic nitrogens is 2. The number of alkyl halides is 3. The number of halogens is 3. The number of hydrogen-bond acceptors (Lipinski definition) is 7. The molecule has 0 unspecified atom stereocenters. The van der Waals surface area contributed by atoms with Gasteiger partial charge in [0.25, 0.3) is 0 Å². The van der Waals surface area contributed by atoms with E-state index in [0.717, 1.165) is 16.9 Å². The summed E-state index contributed by atoms with van der Waals surface area (Å²) in [5.41, 5.74) is 2.40. The van der Waals surface area contributed by atoms with E-state index in [1.54, 1.807) is 48.8 Å². The molecule has 0 amide bonds. The first kappa shape index (κ1) is 25.2. The van der Waals surface area contributed by atoms with Crippen molar-refractivity contribution >= 4 is 16.0 Å². The lowest BCUT2D eigenvalue weighted by Crippen LogP contribution is -2.36. The number of aryl methyl sites for hydroxylation is 1. The zero-order chi connectivity index (χ0) is 24.9. The maximum absolute atomic E-state index is 13.0. The van der Waals surface area contributed by atoms with Crippen molar-refractivity contribution in [3.8, 4) is 5.75 Å². The van der Waals surface area contributed by atoms with Crippen LogP contribution < -0.4 is 4.74 Å². The molecule has 4 rings (SSSR count). The highest BCUT2D eigenvalue weighted by Crippen LogP contribution is 2.28. The van der Waals surface area contributed by atoms with Gasteiger partial charge in [0, 0.05) is 31.3 Å². The number of ether oxygens (including phenoxy) is 1. The van der Waals surface area contributed by atoms with Crippen LogP contribution >= 0.6 is 0 Å². The van der Waals surface area contributed by atoms with E-state index >= 15 is 0 Å². The van der Waals surface area contributed by atoms with Crippen LogP contribution in [0.5, 0.6) is 5.75 Å². The van der Waals surface area contributed by atoms with Crippen molar-refractivity contribution in [2.24, 2.45) is 0 Å². The molecule has 3 heterocycles. The summed E-state index contributed by atoms with van der Waals surface area (Å²) >= 11 is 0. The summed E-state index contributed by atoms with van der Waals surface area (Å²) in [4.78, 5) is 13.2.